The van der Waals surface area contributed by atoms with Crippen LogP contribution in [0.2, 0.25) is 0 Å². The highest BCUT2D eigenvalue weighted by molar-refractivity contribution is 7.17. The molecule has 0 fully saturated rings. The van der Waals surface area contributed by atoms with Crippen molar-refractivity contribution >= 4 is 21.4 Å². The van der Waals surface area contributed by atoms with Crippen LogP contribution in [0.4, 0.5) is 0 Å². The summed E-state index contributed by atoms with van der Waals surface area (Å²) in [6.45, 7) is 0.418. The van der Waals surface area contributed by atoms with Gasteiger partial charge in [-0.1, -0.05) is 24.0 Å². The van der Waals surface area contributed by atoms with Crippen LogP contribution in [0, 0.1) is 11.8 Å². The molecule has 1 heterocycles. The van der Waals surface area contributed by atoms with Gasteiger partial charge >= 0.3 is 0 Å². The molecule has 0 aliphatic rings. The summed E-state index contributed by atoms with van der Waals surface area (Å²) in [6.07, 6.45) is 0. The molecule has 0 amide bonds. The lowest BCUT2D eigenvalue weighted by Crippen LogP contribution is -1.92. The molecule has 1 nitrogen and oxygen atoms in total. The Morgan fingerprint density at radius 1 is 1.31 bits per heavy atom. The molecule has 13 heavy (non-hydrogen) atoms. The molecule has 0 bridgehead atoms. The lowest BCUT2D eigenvalue weighted by atomic mass is 10.2. The summed E-state index contributed by atoms with van der Waals surface area (Å²) in [5.74, 6) is 5.94. The van der Waals surface area contributed by atoms with Gasteiger partial charge in [0.1, 0.15) is 0 Å². The highest BCUT2D eigenvalue weighted by atomic mass is 32.1. The second-order valence-corrected chi connectivity index (χ2v) is 3.57. The second-order valence-electron chi connectivity index (χ2n) is 2.65. The molecular formula is C11H9NS. The fourth-order valence-corrected chi connectivity index (χ4v) is 2.11. The number of hydrogen-bond donors (Lipinski definition) is 1. The van der Waals surface area contributed by atoms with Crippen molar-refractivity contribution in [2.75, 3.05) is 6.54 Å². The van der Waals surface area contributed by atoms with Crippen LogP contribution >= 0.6 is 11.3 Å². The number of fused-ring (bicyclic) bond motifs is 1. The van der Waals surface area contributed by atoms with Gasteiger partial charge in [0.2, 0.25) is 0 Å². The number of thiophene rings is 1. The summed E-state index contributed by atoms with van der Waals surface area (Å²) in [5.41, 5.74) is 6.41. The van der Waals surface area contributed by atoms with E-state index in [0.29, 0.717) is 6.54 Å². The Kier molecular flexibility index (Phi) is 2.31. The largest absolute Gasteiger partial charge is 0.320 e. The number of benzene rings is 1. The highest BCUT2D eigenvalue weighted by Crippen LogP contribution is 2.23. The Morgan fingerprint density at radius 2 is 2.23 bits per heavy atom. The summed E-state index contributed by atoms with van der Waals surface area (Å²) in [5, 5.41) is 3.34. The highest BCUT2D eigenvalue weighted by Gasteiger charge is 1.97. The number of rotatable bonds is 0. The third-order valence-corrected chi connectivity index (χ3v) is 2.77. The van der Waals surface area contributed by atoms with Crippen LogP contribution in [0.15, 0.2) is 29.6 Å². The minimum Gasteiger partial charge on any atom is -0.320 e. The quantitative estimate of drug-likeness (QED) is 0.629. The van der Waals surface area contributed by atoms with E-state index in [2.05, 4.69) is 29.4 Å². The normalized spacial score (nSPS) is 9.62. The van der Waals surface area contributed by atoms with Crippen LogP contribution in [0.5, 0.6) is 0 Å². The molecular weight excluding hydrogens is 178 g/mol. The molecule has 2 heteroatoms. The molecule has 0 radical (unpaired) electrons. The lowest BCUT2D eigenvalue weighted by Gasteiger charge is -1.92. The monoisotopic (exact) mass is 187 g/mol. The first-order chi connectivity index (χ1) is 6.42. The topological polar surface area (TPSA) is 26.0 Å². The molecule has 64 valence electrons. The molecule has 2 aromatic rings. The maximum absolute atomic E-state index is 5.33. The van der Waals surface area contributed by atoms with E-state index in [1.54, 1.807) is 11.3 Å². The maximum Gasteiger partial charge on any atom is 0.0555 e. The second kappa shape index (κ2) is 3.61. The number of hydrogen-bond acceptors (Lipinski definition) is 2. The van der Waals surface area contributed by atoms with E-state index in [-0.39, 0.29) is 0 Å². The Bertz CT molecular complexity index is 473. The van der Waals surface area contributed by atoms with Gasteiger partial charge in [-0.2, -0.15) is 0 Å². The van der Waals surface area contributed by atoms with Gasteiger partial charge in [-0.3, -0.25) is 0 Å². The molecule has 0 saturated carbocycles. The first kappa shape index (κ1) is 8.31. The Hall–Kier alpha value is -1.30. The molecule has 0 aliphatic carbocycles. The fourth-order valence-electron chi connectivity index (χ4n) is 1.24. The van der Waals surface area contributed by atoms with E-state index in [0.717, 1.165) is 5.56 Å². The van der Waals surface area contributed by atoms with Crippen LogP contribution in [0.25, 0.3) is 10.1 Å². The Balaban J connectivity index is 2.61. The van der Waals surface area contributed by atoms with E-state index in [4.69, 9.17) is 5.73 Å². The van der Waals surface area contributed by atoms with Gasteiger partial charge in [0, 0.05) is 10.3 Å². The molecule has 2 rings (SSSR count). The zero-order chi connectivity index (χ0) is 9.10. The van der Waals surface area contributed by atoms with Crippen molar-refractivity contribution in [3.63, 3.8) is 0 Å². The van der Waals surface area contributed by atoms with Crippen molar-refractivity contribution in [2.24, 2.45) is 5.73 Å². The van der Waals surface area contributed by atoms with Crippen LogP contribution in [0.1, 0.15) is 5.56 Å². The summed E-state index contributed by atoms with van der Waals surface area (Å²) < 4.78 is 1.25. The van der Waals surface area contributed by atoms with Gasteiger partial charge < -0.3 is 5.73 Å². The first-order valence-corrected chi connectivity index (χ1v) is 4.95. The van der Waals surface area contributed by atoms with Crippen molar-refractivity contribution in [1.29, 1.82) is 0 Å². The average molecular weight is 187 g/mol. The average Bonchev–Trinajstić information content (AvgIpc) is 2.62. The molecule has 0 unspecified atom stereocenters. The van der Waals surface area contributed by atoms with Crippen LogP contribution in [0.3, 0.4) is 0 Å². The van der Waals surface area contributed by atoms with E-state index >= 15 is 0 Å². The zero-order valence-corrected chi connectivity index (χ0v) is 7.90. The van der Waals surface area contributed by atoms with Gasteiger partial charge in [-0.15, -0.1) is 11.3 Å². The molecule has 0 spiro atoms. The van der Waals surface area contributed by atoms with E-state index in [1.807, 2.05) is 12.1 Å². The predicted octanol–water partition coefficient (Wildman–Crippen LogP) is 2.21. The van der Waals surface area contributed by atoms with Crippen molar-refractivity contribution in [3.8, 4) is 11.8 Å². The van der Waals surface area contributed by atoms with Crippen LogP contribution < -0.4 is 5.73 Å². The fraction of sp³-hybridized carbons (Fsp3) is 0.0909. The molecule has 1 aromatic heterocycles. The standard InChI is InChI=1S/C11H9NS/c12-7-2-5-9-3-1-4-10-6-8-13-11(9)10/h1,3-4,6,8H,7,12H2. The Labute approximate surface area is 81.2 Å². The van der Waals surface area contributed by atoms with E-state index < -0.39 is 0 Å². The van der Waals surface area contributed by atoms with Crippen molar-refractivity contribution in [2.45, 2.75) is 0 Å². The SMILES string of the molecule is NCC#Cc1cccc2ccsc12. The van der Waals surface area contributed by atoms with Crippen molar-refractivity contribution in [3.05, 3.63) is 35.2 Å². The molecule has 2 N–H and O–H groups in total. The Morgan fingerprint density at radius 3 is 3.08 bits per heavy atom. The molecule has 1 aromatic carbocycles. The third kappa shape index (κ3) is 1.57. The van der Waals surface area contributed by atoms with Crippen molar-refractivity contribution < 1.29 is 0 Å². The molecule has 0 saturated heterocycles. The van der Waals surface area contributed by atoms with Gasteiger partial charge in [-0.25, -0.2) is 0 Å². The van der Waals surface area contributed by atoms with E-state index in [1.165, 1.54) is 10.1 Å². The maximum atomic E-state index is 5.33. The summed E-state index contributed by atoms with van der Waals surface area (Å²) in [7, 11) is 0. The summed E-state index contributed by atoms with van der Waals surface area (Å²) >= 11 is 1.72. The van der Waals surface area contributed by atoms with Gasteiger partial charge in [0.15, 0.2) is 0 Å². The zero-order valence-electron chi connectivity index (χ0n) is 7.08. The first-order valence-electron chi connectivity index (χ1n) is 4.07. The predicted molar refractivity (Wildman–Crippen MR) is 57.8 cm³/mol. The van der Waals surface area contributed by atoms with Crippen LogP contribution in [-0.2, 0) is 0 Å². The van der Waals surface area contributed by atoms with Crippen LogP contribution in [-0.4, -0.2) is 6.54 Å². The van der Waals surface area contributed by atoms with Gasteiger partial charge in [-0.05, 0) is 22.9 Å². The van der Waals surface area contributed by atoms with E-state index in [9.17, 15) is 0 Å². The minimum absolute atomic E-state index is 0.418. The summed E-state index contributed by atoms with van der Waals surface area (Å²) in [4.78, 5) is 0. The third-order valence-electron chi connectivity index (χ3n) is 1.80. The van der Waals surface area contributed by atoms with Gasteiger partial charge in [0.25, 0.3) is 0 Å². The number of nitrogens with two attached hydrogens (primary N) is 1. The van der Waals surface area contributed by atoms with Gasteiger partial charge in [0.05, 0.1) is 6.54 Å². The van der Waals surface area contributed by atoms with Crippen molar-refractivity contribution in [1.82, 2.24) is 0 Å². The molecule has 0 aliphatic heterocycles. The lowest BCUT2D eigenvalue weighted by molar-refractivity contribution is 1.30. The summed E-state index contributed by atoms with van der Waals surface area (Å²) in [6, 6.07) is 8.25. The minimum atomic E-state index is 0.418. The molecule has 0 atom stereocenters. The smallest absolute Gasteiger partial charge is 0.0555 e.